The fourth-order valence-corrected chi connectivity index (χ4v) is 4.19. The van der Waals surface area contributed by atoms with Gasteiger partial charge in [0.2, 0.25) is 17.7 Å². The van der Waals surface area contributed by atoms with Crippen LogP contribution in [0.25, 0.3) is 0 Å². The summed E-state index contributed by atoms with van der Waals surface area (Å²) in [6.07, 6.45) is -1.92. The summed E-state index contributed by atoms with van der Waals surface area (Å²) < 4.78 is 45.5. The predicted molar refractivity (Wildman–Crippen MR) is 80.4 cm³/mol. The van der Waals surface area contributed by atoms with E-state index in [1.807, 2.05) is 0 Å². The zero-order valence-electron chi connectivity index (χ0n) is 13.6. The molecule has 5 nitrogen and oxygen atoms in total. The molecule has 8 heteroatoms. The minimum absolute atomic E-state index is 0.0146. The van der Waals surface area contributed by atoms with E-state index >= 15 is 0 Å². The molecule has 3 aliphatic carbocycles. The highest BCUT2D eigenvalue weighted by atomic mass is 19.4. The number of hydrogen-bond acceptors (Lipinski definition) is 4. The summed E-state index contributed by atoms with van der Waals surface area (Å²) in [5.41, 5.74) is 0.565. The summed E-state index contributed by atoms with van der Waals surface area (Å²) in [6.45, 7) is 1.70. The first kappa shape index (κ1) is 17.0. The molecule has 24 heavy (non-hydrogen) atoms. The van der Waals surface area contributed by atoms with E-state index in [-0.39, 0.29) is 17.7 Å². The van der Waals surface area contributed by atoms with Gasteiger partial charge in [-0.15, -0.1) is 0 Å². The summed E-state index contributed by atoms with van der Waals surface area (Å²) in [7, 11) is 1.42. The Morgan fingerprint density at radius 1 is 1.21 bits per heavy atom. The Morgan fingerprint density at radius 2 is 1.83 bits per heavy atom. The normalized spacial score (nSPS) is 29.4. The highest BCUT2D eigenvalue weighted by Crippen LogP contribution is 2.54. The van der Waals surface area contributed by atoms with Gasteiger partial charge in [0.15, 0.2) is 0 Å². The second kappa shape index (κ2) is 6.22. The van der Waals surface area contributed by atoms with Crippen LogP contribution in [-0.4, -0.2) is 29.2 Å². The lowest BCUT2D eigenvalue weighted by Gasteiger charge is -2.48. The number of hydrogen-bond donors (Lipinski definition) is 1. The highest BCUT2D eigenvalue weighted by Gasteiger charge is 2.58. The van der Waals surface area contributed by atoms with Gasteiger partial charge < -0.3 is 4.74 Å². The first-order valence-electron chi connectivity index (χ1n) is 8.07. The maximum absolute atomic E-state index is 13.5. The lowest BCUT2D eigenvalue weighted by molar-refractivity contribution is -0.227. The van der Waals surface area contributed by atoms with Crippen molar-refractivity contribution < 1.29 is 22.7 Å². The van der Waals surface area contributed by atoms with Crippen molar-refractivity contribution >= 4 is 11.9 Å². The molecule has 2 bridgehead atoms. The van der Waals surface area contributed by atoms with Gasteiger partial charge in [0, 0.05) is 11.8 Å². The van der Waals surface area contributed by atoms with E-state index in [1.54, 1.807) is 13.0 Å². The Morgan fingerprint density at radius 3 is 2.42 bits per heavy atom. The van der Waals surface area contributed by atoms with Crippen LogP contribution in [0.1, 0.15) is 31.4 Å². The van der Waals surface area contributed by atoms with Crippen molar-refractivity contribution in [2.45, 2.75) is 38.8 Å². The van der Waals surface area contributed by atoms with Crippen molar-refractivity contribution in [3.63, 3.8) is 0 Å². The number of fused-ring (bicyclic) bond motifs is 3. The van der Waals surface area contributed by atoms with Crippen molar-refractivity contribution in [2.24, 2.45) is 23.7 Å². The zero-order valence-corrected chi connectivity index (χ0v) is 13.6. The number of carbonyl (C=O) groups excluding carboxylic acids is 1. The highest BCUT2D eigenvalue weighted by molar-refractivity contribution is 5.91. The second-order valence-electron chi connectivity index (χ2n) is 6.63. The predicted octanol–water partition coefficient (Wildman–Crippen LogP) is 3.35. The van der Waals surface area contributed by atoms with Gasteiger partial charge in [-0.2, -0.15) is 18.2 Å². The Balaban J connectivity index is 1.84. The minimum Gasteiger partial charge on any atom is -0.481 e. The molecule has 1 N–H and O–H groups in total. The number of carbonyl (C=O) groups is 1. The van der Waals surface area contributed by atoms with Crippen LogP contribution in [0.5, 0.6) is 5.88 Å². The summed E-state index contributed by atoms with van der Waals surface area (Å²) in [5, 5.41) is 2.47. The molecule has 1 amide bonds. The van der Waals surface area contributed by atoms with Crippen LogP contribution in [0.2, 0.25) is 0 Å². The van der Waals surface area contributed by atoms with Crippen molar-refractivity contribution in [1.29, 1.82) is 0 Å². The lowest BCUT2D eigenvalue weighted by atomic mass is 9.58. The molecule has 3 saturated carbocycles. The van der Waals surface area contributed by atoms with Gasteiger partial charge in [-0.25, -0.2) is 4.98 Å². The number of aromatic nitrogens is 2. The smallest absolute Gasteiger partial charge is 0.392 e. The number of anilines is 1. The third kappa shape index (κ3) is 3.18. The quantitative estimate of drug-likeness (QED) is 0.914. The van der Waals surface area contributed by atoms with Gasteiger partial charge in [0.05, 0.1) is 18.9 Å². The summed E-state index contributed by atoms with van der Waals surface area (Å²) >= 11 is 0. The molecule has 2 atom stereocenters. The Kier molecular flexibility index (Phi) is 4.40. The standard InChI is InChI=1S/C16H20F3N3O2/c1-8-7-11(24-2)21-15(20-8)22-14(23)12-9-3-5-10(6-4-9)13(12)16(17,18)19/h7,9-10,12-13H,3-6H2,1-2H3,(H,20,21,22,23)/t9?,10?,12-,13-/m0/s1. The number of rotatable bonds is 3. The monoisotopic (exact) mass is 343 g/mol. The van der Waals surface area contributed by atoms with E-state index in [0.29, 0.717) is 31.4 Å². The van der Waals surface area contributed by atoms with Gasteiger partial charge in [0.25, 0.3) is 0 Å². The van der Waals surface area contributed by atoms with Crippen LogP contribution in [0.15, 0.2) is 6.07 Å². The summed E-state index contributed by atoms with van der Waals surface area (Å²) in [6, 6.07) is 1.58. The average Bonchev–Trinajstić information content (AvgIpc) is 2.53. The molecule has 0 aliphatic heterocycles. The number of ether oxygens (including phenoxy) is 1. The van der Waals surface area contributed by atoms with Crippen LogP contribution in [0.4, 0.5) is 19.1 Å². The van der Waals surface area contributed by atoms with Crippen molar-refractivity contribution in [3.8, 4) is 5.88 Å². The number of halogens is 3. The maximum atomic E-state index is 13.5. The lowest BCUT2D eigenvalue weighted by Crippen LogP contribution is -2.51. The Labute approximate surface area is 138 Å². The second-order valence-corrected chi connectivity index (χ2v) is 6.63. The number of amides is 1. The Hall–Kier alpha value is -1.86. The number of nitrogens with one attached hydrogen (secondary N) is 1. The Bertz CT molecular complexity index is 627. The first-order chi connectivity index (χ1) is 11.3. The van der Waals surface area contributed by atoms with Crippen LogP contribution in [-0.2, 0) is 4.79 Å². The average molecular weight is 343 g/mol. The van der Waals surface area contributed by atoms with Gasteiger partial charge >= 0.3 is 6.18 Å². The largest absolute Gasteiger partial charge is 0.481 e. The molecule has 3 aliphatic rings. The molecule has 1 aromatic rings. The number of aryl methyl sites for hydroxylation is 1. The third-order valence-electron chi connectivity index (χ3n) is 5.17. The van der Waals surface area contributed by atoms with Gasteiger partial charge in [0.1, 0.15) is 0 Å². The van der Waals surface area contributed by atoms with Crippen molar-refractivity contribution in [2.75, 3.05) is 12.4 Å². The van der Waals surface area contributed by atoms with Crippen LogP contribution >= 0.6 is 0 Å². The first-order valence-corrected chi connectivity index (χ1v) is 8.07. The van der Waals surface area contributed by atoms with Crippen molar-refractivity contribution in [1.82, 2.24) is 9.97 Å². The molecule has 132 valence electrons. The summed E-state index contributed by atoms with van der Waals surface area (Å²) in [5.74, 6) is -3.72. The molecule has 0 unspecified atom stereocenters. The zero-order chi connectivity index (χ0) is 17.5. The molecule has 0 spiro atoms. The maximum Gasteiger partial charge on any atom is 0.392 e. The van der Waals surface area contributed by atoms with Gasteiger partial charge in [-0.05, 0) is 44.4 Å². The third-order valence-corrected chi connectivity index (χ3v) is 5.17. The molecule has 0 saturated heterocycles. The molecular weight excluding hydrogens is 323 g/mol. The molecule has 1 heterocycles. The van der Waals surface area contributed by atoms with E-state index in [9.17, 15) is 18.0 Å². The van der Waals surface area contributed by atoms with Gasteiger partial charge in [-0.3, -0.25) is 10.1 Å². The molecule has 4 rings (SSSR count). The topological polar surface area (TPSA) is 64.1 Å². The SMILES string of the molecule is COc1cc(C)nc(NC(=O)[C@H]2C3CCC(CC3)[C@@H]2C(F)(F)F)n1. The van der Waals surface area contributed by atoms with E-state index in [2.05, 4.69) is 15.3 Å². The summed E-state index contributed by atoms with van der Waals surface area (Å²) in [4.78, 5) is 20.6. The van der Waals surface area contributed by atoms with Crippen molar-refractivity contribution in [3.05, 3.63) is 11.8 Å². The van der Waals surface area contributed by atoms with Crippen LogP contribution in [0, 0.1) is 30.6 Å². The van der Waals surface area contributed by atoms with E-state index in [1.165, 1.54) is 7.11 Å². The fraction of sp³-hybridized carbons (Fsp3) is 0.688. The number of nitrogens with zero attached hydrogens (tertiary/aromatic N) is 2. The van der Waals surface area contributed by atoms with Crippen LogP contribution in [0.3, 0.4) is 0 Å². The molecule has 1 aromatic heterocycles. The van der Waals surface area contributed by atoms with E-state index < -0.39 is 29.8 Å². The van der Waals surface area contributed by atoms with E-state index in [4.69, 9.17) is 4.74 Å². The van der Waals surface area contributed by atoms with E-state index in [0.717, 1.165) is 0 Å². The molecule has 3 fully saturated rings. The number of alkyl halides is 3. The molecule has 0 aromatic carbocycles. The molecule has 0 radical (unpaired) electrons. The van der Waals surface area contributed by atoms with Gasteiger partial charge in [-0.1, -0.05) is 0 Å². The minimum atomic E-state index is -4.36. The fourth-order valence-electron chi connectivity index (χ4n) is 4.19. The molecular formula is C16H20F3N3O2. The number of methoxy groups -OCH3 is 1. The van der Waals surface area contributed by atoms with Crippen LogP contribution < -0.4 is 10.1 Å².